The summed E-state index contributed by atoms with van der Waals surface area (Å²) in [7, 11) is 0. The van der Waals surface area contributed by atoms with E-state index in [4.69, 9.17) is 14.6 Å². The van der Waals surface area contributed by atoms with Gasteiger partial charge in [-0.3, -0.25) is 4.79 Å². The number of aromatic carboxylic acids is 1. The van der Waals surface area contributed by atoms with Crippen molar-refractivity contribution in [3.8, 4) is 0 Å². The van der Waals surface area contributed by atoms with E-state index in [1.807, 2.05) is 0 Å². The second kappa shape index (κ2) is 7.86. The van der Waals surface area contributed by atoms with Gasteiger partial charge in [-0.25, -0.2) is 9.78 Å². The molecule has 1 aromatic heterocycles. The molecule has 0 spiro atoms. The molecule has 7 heteroatoms. The Morgan fingerprint density at radius 2 is 2.32 bits per heavy atom. The third kappa shape index (κ3) is 4.51. The number of aromatic nitrogens is 1. The molecule has 22 heavy (non-hydrogen) atoms. The molecule has 120 valence electrons. The second-order valence-corrected chi connectivity index (χ2v) is 5.10. The number of hydrogen-bond acceptors (Lipinski definition) is 5. The molecule has 1 saturated heterocycles. The van der Waals surface area contributed by atoms with Crippen molar-refractivity contribution in [2.24, 2.45) is 0 Å². The summed E-state index contributed by atoms with van der Waals surface area (Å²) < 4.78 is 10.8. The lowest BCUT2D eigenvalue weighted by Gasteiger charge is -2.10. The first kappa shape index (κ1) is 16.4. The average molecular weight is 308 g/mol. The van der Waals surface area contributed by atoms with Crippen molar-refractivity contribution in [3.05, 3.63) is 29.1 Å². The molecule has 0 aromatic carbocycles. The molecule has 1 amide bonds. The van der Waals surface area contributed by atoms with Gasteiger partial charge in [0.15, 0.2) is 0 Å². The zero-order valence-corrected chi connectivity index (χ0v) is 12.5. The number of carboxylic acids is 1. The maximum Gasteiger partial charge on any atom is 0.337 e. The van der Waals surface area contributed by atoms with Gasteiger partial charge < -0.3 is 19.9 Å². The number of aryl methyl sites for hydroxylation is 1. The number of hydrogen-bond donors (Lipinski definition) is 2. The molecule has 1 atom stereocenters. The molecule has 0 bridgehead atoms. The molecule has 1 aromatic rings. The van der Waals surface area contributed by atoms with E-state index >= 15 is 0 Å². The van der Waals surface area contributed by atoms with Crippen molar-refractivity contribution < 1.29 is 24.2 Å². The fraction of sp³-hybridized carbons (Fsp3) is 0.533. The third-order valence-corrected chi connectivity index (χ3v) is 3.40. The molecular formula is C15H20N2O5. The summed E-state index contributed by atoms with van der Waals surface area (Å²) in [5, 5.41) is 11.7. The lowest BCUT2D eigenvalue weighted by molar-refractivity contribution is 0.0414. The number of nitrogens with zero attached hydrogens (tertiary/aromatic N) is 1. The Labute approximate surface area is 128 Å². The zero-order valence-electron chi connectivity index (χ0n) is 12.5. The number of nitrogens with one attached hydrogen (secondary N) is 1. The van der Waals surface area contributed by atoms with E-state index in [1.54, 1.807) is 6.92 Å². The van der Waals surface area contributed by atoms with E-state index in [1.165, 1.54) is 12.1 Å². The Kier molecular flexibility index (Phi) is 5.85. The number of carbonyl (C=O) groups is 2. The van der Waals surface area contributed by atoms with Crippen LogP contribution in [0.4, 0.5) is 0 Å². The van der Waals surface area contributed by atoms with Gasteiger partial charge in [-0.2, -0.15) is 0 Å². The largest absolute Gasteiger partial charge is 0.478 e. The molecule has 7 nitrogen and oxygen atoms in total. The molecule has 2 N–H and O–H groups in total. The van der Waals surface area contributed by atoms with Crippen LogP contribution in [0.15, 0.2) is 12.1 Å². The lowest BCUT2D eigenvalue weighted by Crippen LogP contribution is -2.27. The Hall–Kier alpha value is -1.99. The summed E-state index contributed by atoms with van der Waals surface area (Å²) in [5.74, 6) is -1.37. The van der Waals surface area contributed by atoms with Crippen LogP contribution in [0.2, 0.25) is 0 Å². The first-order valence-electron chi connectivity index (χ1n) is 7.26. The molecule has 0 radical (unpaired) electrons. The Balaban J connectivity index is 1.72. The molecule has 2 rings (SSSR count). The van der Waals surface area contributed by atoms with Gasteiger partial charge in [-0.05, 0) is 31.9 Å². The molecule has 1 unspecified atom stereocenters. The number of amides is 1. The molecule has 1 aliphatic rings. The monoisotopic (exact) mass is 308 g/mol. The van der Waals surface area contributed by atoms with E-state index in [0.717, 1.165) is 13.0 Å². The van der Waals surface area contributed by atoms with Crippen molar-refractivity contribution in [3.63, 3.8) is 0 Å². The topological polar surface area (TPSA) is 97.8 Å². The van der Waals surface area contributed by atoms with E-state index < -0.39 is 5.97 Å². The average Bonchev–Trinajstić information content (AvgIpc) is 2.99. The van der Waals surface area contributed by atoms with E-state index in [2.05, 4.69) is 10.3 Å². The zero-order chi connectivity index (χ0) is 15.9. The van der Waals surface area contributed by atoms with Crippen LogP contribution in [0.5, 0.6) is 0 Å². The quantitative estimate of drug-likeness (QED) is 0.730. The predicted octanol–water partition coefficient (Wildman–Crippen LogP) is 1.01. The molecular weight excluding hydrogens is 288 g/mol. The SMILES string of the molecule is Cc1nc(C(=O)NCCCOC2CCOC2)ccc1C(=O)O. The van der Waals surface area contributed by atoms with Gasteiger partial charge in [0.25, 0.3) is 5.91 Å². The maximum atomic E-state index is 11.9. The van der Waals surface area contributed by atoms with Gasteiger partial charge >= 0.3 is 5.97 Å². The van der Waals surface area contributed by atoms with E-state index in [9.17, 15) is 9.59 Å². The molecule has 2 heterocycles. The van der Waals surface area contributed by atoms with Crippen LogP contribution in [0.25, 0.3) is 0 Å². The summed E-state index contributed by atoms with van der Waals surface area (Å²) in [5.41, 5.74) is 0.640. The van der Waals surface area contributed by atoms with Crippen molar-refractivity contribution in [1.29, 1.82) is 0 Å². The van der Waals surface area contributed by atoms with E-state index in [0.29, 0.717) is 31.9 Å². The van der Waals surface area contributed by atoms with Crippen LogP contribution < -0.4 is 5.32 Å². The molecule has 0 aliphatic carbocycles. The minimum absolute atomic E-state index is 0.101. The number of rotatable bonds is 7. The Morgan fingerprint density at radius 3 is 2.95 bits per heavy atom. The summed E-state index contributed by atoms with van der Waals surface area (Å²) in [6.45, 7) is 4.01. The number of ether oxygens (including phenoxy) is 2. The van der Waals surface area contributed by atoms with Gasteiger partial charge in [0.2, 0.25) is 0 Å². The molecule has 1 aliphatic heterocycles. The van der Waals surface area contributed by atoms with Crippen LogP contribution in [0.3, 0.4) is 0 Å². The van der Waals surface area contributed by atoms with Crippen LogP contribution >= 0.6 is 0 Å². The summed E-state index contributed by atoms with van der Waals surface area (Å²) in [6, 6.07) is 2.81. The first-order chi connectivity index (χ1) is 10.6. The lowest BCUT2D eigenvalue weighted by atomic mass is 10.2. The van der Waals surface area contributed by atoms with Crippen LogP contribution in [0.1, 0.15) is 39.4 Å². The molecule has 0 saturated carbocycles. The van der Waals surface area contributed by atoms with Crippen molar-refractivity contribution >= 4 is 11.9 Å². The number of carboxylic acid groups (broad SMARTS) is 1. The summed E-state index contributed by atoms with van der Waals surface area (Å²) in [6.07, 6.45) is 1.79. The van der Waals surface area contributed by atoms with Gasteiger partial charge in [0.05, 0.1) is 24.0 Å². The Morgan fingerprint density at radius 1 is 1.50 bits per heavy atom. The van der Waals surface area contributed by atoms with Crippen molar-refractivity contribution in [1.82, 2.24) is 10.3 Å². The van der Waals surface area contributed by atoms with Gasteiger partial charge in [0, 0.05) is 19.8 Å². The fourth-order valence-corrected chi connectivity index (χ4v) is 2.17. The van der Waals surface area contributed by atoms with E-state index in [-0.39, 0.29) is 23.3 Å². The van der Waals surface area contributed by atoms with Gasteiger partial charge in [0.1, 0.15) is 5.69 Å². The minimum Gasteiger partial charge on any atom is -0.478 e. The normalized spacial score (nSPS) is 17.4. The maximum absolute atomic E-state index is 11.9. The van der Waals surface area contributed by atoms with Crippen LogP contribution in [-0.4, -0.2) is 54.4 Å². The Bertz CT molecular complexity index is 541. The molecule has 1 fully saturated rings. The highest BCUT2D eigenvalue weighted by Gasteiger charge is 2.16. The smallest absolute Gasteiger partial charge is 0.337 e. The summed E-state index contributed by atoms with van der Waals surface area (Å²) >= 11 is 0. The van der Waals surface area contributed by atoms with Crippen LogP contribution in [-0.2, 0) is 9.47 Å². The predicted molar refractivity (Wildman–Crippen MR) is 78.1 cm³/mol. The highest BCUT2D eigenvalue weighted by molar-refractivity contribution is 5.94. The van der Waals surface area contributed by atoms with Crippen LogP contribution in [0, 0.1) is 6.92 Å². The fourth-order valence-electron chi connectivity index (χ4n) is 2.17. The highest BCUT2D eigenvalue weighted by Crippen LogP contribution is 2.08. The van der Waals surface area contributed by atoms with Crippen molar-refractivity contribution in [2.45, 2.75) is 25.9 Å². The number of pyridine rings is 1. The standard InChI is InChI=1S/C15H20N2O5/c1-10-12(15(19)20)3-4-13(17-10)14(18)16-6-2-7-22-11-5-8-21-9-11/h3-4,11H,2,5-9H2,1H3,(H,16,18)(H,19,20). The first-order valence-corrected chi connectivity index (χ1v) is 7.26. The van der Waals surface area contributed by atoms with Gasteiger partial charge in [-0.1, -0.05) is 0 Å². The second-order valence-electron chi connectivity index (χ2n) is 5.10. The summed E-state index contributed by atoms with van der Waals surface area (Å²) in [4.78, 5) is 26.8. The minimum atomic E-state index is -1.05. The van der Waals surface area contributed by atoms with Crippen molar-refractivity contribution in [2.75, 3.05) is 26.4 Å². The number of carbonyl (C=O) groups excluding carboxylic acids is 1. The van der Waals surface area contributed by atoms with Gasteiger partial charge in [-0.15, -0.1) is 0 Å². The highest BCUT2D eigenvalue weighted by atomic mass is 16.5. The third-order valence-electron chi connectivity index (χ3n) is 3.40.